The summed E-state index contributed by atoms with van der Waals surface area (Å²) in [5.41, 5.74) is 7.80. The van der Waals surface area contributed by atoms with Crippen LogP contribution in [-0.4, -0.2) is 5.25 Å². The quantitative estimate of drug-likeness (QED) is 0.882. The van der Waals surface area contributed by atoms with Crippen LogP contribution in [0, 0.1) is 5.82 Å². The smallest absolute Gasteiger partial charge is 0.123 e. The molecule has 17 heavy (non-hydrogen) atoms. The number of benzene rings is 1. The fraction of sp³-hybridized carbons (Fsp3) is 0.571. The van der Waals surface area contributed by atoms with Crippen LogP contribution in [0.5, 0.6) is 0 Å². The summed E-state index contributed by atoms with van der Waals surface area (Å²) in [5.74, 6) is 0.786. The molecule has 1 saturated carbocycles. The summed E-state index contributed by atoms with van der Waals surface area (Å²) in [6.07, 6.45) is 6.80. The Morgan fingerprint density at radius 2 is 1.94 bits per heavy atom. The molecule has 0 bridgehead atoms. The van der Waals surface area contributed by atoms with Gasteiger partial charge >= 0.3 is 0 Å². The molecule has 0 unspecified atom stereocenters. The van der Waals surface area contributed by atoms with Crippen molar-refractivity contribution in [1.82, 2.24) is 0 Å². The van der Waals surface area contributed by atoms with Gasteiger partial charge in [-0.2, -0.15) is 11.8 Å². The monoisotopic (exact) mass is 253 g/mol. The topological polar surface area (TPSA) is 26.0 Å². The van der Waals surface area contributed by atoms with Crippen molar-refractivity contribution in [3.8, 4) is 0 Å². The van der Waals surface area contributed by atoms with Crippen molar-refractivity contribution < 1.29 is 4.39 Å². The third-order valence-electron chi connectivity index (χ3n) is 3.41. The maximum atomic E-state index is 13.1. The van der Waals surface area contributed by atoms with E-state index in [2.05, 4.69) is 0 Å². The van der Waals surface area contributed by atoms with E-state index >= 15 is 0 Å². The average Bonchev–Trinajstić information content (AvgIpc) is 2.38. The molecule has 94 valence electrons. The molecule has 0 atom stereocenters. The highest BCUT2D eigenvalue weighted by Crippen LogP contribution is 2.31. The molecule has 0 aromatic heterocycles. The van der Waals surface area contributed by atoms with Crippen LogP contribution < -0.4 is 5.73 Å². The Labute approximate surface area is 107 Å². The van der Waals surface area contributed by atoms with Gasteiger partial charge in [-0.25, -0.2) is 4.39 Å². The molecule has 1 aromatic carbocycles. The molecule has 0 aliphatic heterocycles. The van der Waals surface area contributed by atoms with Crippen LogP contribution in [0.3, 0.4) is 0 Å². The Morgan fingerprint density at radius 1 is 1.18 bits per heavy atom. The van der Waals surface area contributed by atoms with Crippen molar-refractivity contribution in [3.63, 3.8) is 0 Å². The van der Waals surface area contributed by atoms with Gasteiger partial charge in [-0.3, -0.25) is 0 Å². The molecule has 1 aromatic rings. The molecule has 0 saturated heterocycles. The first-order valence-electron chi connectivity index (χ1n) is 6.38. The van der Waals surface area contributed by atoms with Gasteiger partial charge in [-0.1, -0.05) is 25.3 Å². The predicted molar refractivity (Wildman–Crippen MR) is 72.5 cm³/mol. The van der Waals surface area contributed by atoms with E-state index in [1.165, 1.54) is 43.7 Å². The minimum atomic E-state index is -0.183. The zero-order chi connectivity index (χ0) is 12.1. The number of nitrogens with two attached hydrogens (primary N) is 1. The lowest BCUT2D eigenvalue weighted by molar-refractivity contribution is 0.516. The van der Waals surface area contributed by atoms with Crippen molar-refractivity contribution in [2.75, 3.05) is 0 Å². The van der Waals surface area contributed by atoms with E-state index in [1.54, 1.807) is 6.07 Å². The number of halogens is 1. The third-order valence-corrected chi connectivity index (χ3v) is 4.84. The van der Waals surface area contributed by atoms with Gasteiger partial charge in [-0.05, 0) is 36.1 Å². The van der Waals surface area contributed by atoms with Gasteiger partial charge in [0, 0.05) is 17.5 Å². The molecule has 1 aliphatic carbocycles. The average molecular weight is 253 g/mol. The molecule has 0 spiro atoms. The molecule has 0 heterocycles. The van der Waals surface area contributed by atoms with Gasteiger partial charge in [0.05, 0.1) is 0 Å². The Balaban J connectivity index is 1.93. The second-order valence-corrected chi connectivity index (χ2v) is 5.98. The fourth-order valence-corrected chi connectivity index (χ4v) is 3.73. The maximum Gasteiger partial charge on any atom is 0.123 e. The van der Waals surface area contributed by atoms with Crippen molar-refractivity contribution >= 4 is 11.8 Å². The Hall–Kier alpha value is -0.540. The summed E-state index contributed by atoms with van der Waals surface area (Å²) in [4.78, 5) is 0. The highest BCUT2D eigenvalue weighted by atomic mass is 32.2. The fourth-order valence-electron chi connectivity index (χ4n) is 2.36. The summed E-state index contributed by atoms with van der Waals surface area (Å²) < 4.78 is 13.1. The lowest BCUT2D eigenvalue weighted by Crippen LogP contribution is -2.09. The van der Waals surface area contributed by atoms with E-state index in [4.69, 9.17) is 5.73 Å². The summed E-state index contributed by atoms with van der Waals surface area (Å²) in [6.45, 7) is 0.429. The zero-order valence-corrected chi connectivity index (χ0v) is 10.9. The van der Waals surface area contributed by atoms with Crippen molar-refractivity contribution in [1.29, 1.82) is 0 Å². The predicted octanol–water partition coefficient (Wildman–Crippen LogP) is 3.85. The van der Waals surface area contributed by atoms with Crippen molar-refractivity contribution in [3.05, 3.63) is 35.1 Å². The van der Waals surface area contributed by atoms with E-state index in [1.807, 2.05) is 17.8 Å². The van der Waals surface area contributed by atoms with E-state index < -0.39 is 0 Å². The second-order valence-electron chi connectivity index (χ2n) is 4.69. The highest BCUT2D eigenvalue weighted by molar-refractivity contribution is 7.99. The van der Waals surface area contributed by atoms with Gasteiger partial charge in [-0.15, -0.1) is 0 Å². The third kappa shape index (κ3) is 3.71. The van der Waals surface area contributed by atoms with E-state index in [9.17, 15) is 4.39 Å². The standard InChI is InChI=1S/C14H20FNS/c15-13-7-6-11(12(8-13)9-16)10-17-14-4-2-1-3-5-14/h6-8,14H,1-5,9-10,16H2. The SMILES string of the molecule is NCc1cc(F)ccc1CSC1CCCCC1. The van der Waals surface area contributed by atoms with Crippen LogP contribution in [0.4, 0.5) is 4.39 Å². The lowest BCUT2D eigenvalue weighted by Gasteiger charge is -2.21. The normalized spacial score (nSPS) is 17.3. The lowest BCUT2D eigenvalue weighted by atomic mass is 10.0. The number of hydrogen-bond donors (Lipinski definition) is 1. The number of rotatable bonds is 4. The van der Waals surface area contributed by atoms with Crippen molar-refractivity contribution in [2.45, 2.75) is 49.7 Å². The molecular formula is C14H20FNS. The summed E-state index contributed by atoms with van der Waals surface area (Å²) >= 11 is 2.01. The maximum absolute atomic E-state index is 13.1. The molecule has 2 rings (SSSR count). The molecule has 3 heteroatoms. The molecular weight excluding hydrogens is 233 g/mol. The van der Waals surface area contributed by atoms with Gasteiger partial charge in [0.25, 0.3) is 0 Å². The first-order chi connectivity index (χ1) is 8.29. The molecule has 1 nitrogen and oxygen atoms in total. The Bertz CT molecular complexity index is 361. The second kappa shape index (κ2) is 6.41. The molecule has 0 radical (unpaired) electrons. The van der Waals surface area contributed by atoms with Crippen LogP contribution in [0.2, 0.25) is 0 Å². The minimum Gasteiger partial charge on any atom is -0.326 e. The summed E-state index contributed by atoms with van der Waals surface area (Å²) in [7, 11) is 0. The number of hydrogen-bond acceptors (Lipinski definition) is 2. The Morgan fingerprint density at radius 3 is 2.65 bits per heavy atom. The molecule has 1 fully saturated rings. The van der Waals surface area contributed by atoms with Gasteiger partial charge < -0.3 is 5.73 Å². The molecule has 0 amide bonds. The van der Waals surface area contributed by atoms with Crippen LogP contribution in [-0.2, 0) is 12.3 Å². The zero-order valence-electron chi connectivity index (χ0n) is 10.1. The van der Waals surface area contributed by atoms with Crippen LogP contribution in [0.15, 0.2) is 18.2 Å². The highest BCUT2D eigenvalue weighted by Gasteiger charge is 2.14. The van der Waals surface area contributed by atoms with Gasteiger partial charge in [0.15, 0.2) is 0 Å². The first-order valence-corrected chi connectivity index (χ1v) is 7.43. The summed E-state index contributed by atoms with van der Waals surface area (Å²) in [6, 6.07) is 4.99. The molecule has 1 aliphatic rings. The van der Waals surface area contributed by atoms with Gasteiger partial charge in [0.1, 0.15) is 5.82 Å². The van der Waals surface area contributed by atoms with Crippen LogP contribution >= 0.6 is 11.8 Å². The molecule has 2 N–H and O–H groups in total. The Kier molecular flexibility index (Phi) is 4.86. The van der Waals surface area contributed by atoms with E-state index in [0.717, 1.165) is 16.6 Å². The number of thioether (sulfide) groups is 1. The van der Waals surface area contributed by atoms with Gasteiger partial charge in [0.2, 0.25) is 0 Å². The van der Waals surface area contributed by atoms with Crippen LogP contribution in [0.25, 0.3) is 0 Å². The minimum absolute atomic E-state index is 0.183. The van der Waals surface area contributed by atoms with Crippen LogP contribution in [0.1, 0.15) is 43.2 Å². The first kappa shape index (κ1) is 12.9. The van der Waals surface area contributed by atoms with E-state index in [0.29, 0.717) is 6.54 Å². The summed E-state index contributed by atoms with van der Waals surface area (Å²) in [5, 5.41) is 0.791. The van der Waals surface area contributed by atoms with E-state index in [-0.39, 0.29) is 5.82 Å². The van der Waals surface area contributed by atoms with Crippen molar-refractivity contribution in [2.24, 2.45) is 5.73 Å². The largest absolute Gasteiger partial charge is 0.326 e.